The van der Waals surface area contributed by atoms with Gasteiger partial charge in [-0.1, -0.05) is 6.08 Å². The Bertz CT molecular complexity index is 1010. The predicted octanol–water partition coefficient (Wildman–Crippen LogP) is 4.38. The van der Waals surface area contributed by atoms with Gasteiger partial charge < -0.3 is 14.8 Å². The van der Waals surface area contributed by atoms with Crippen LogP contribution in [-0.4, -0.2) is 35.0 Å². The van der Waals surface area contributed by atoms with Crippen molar-refractivity contribution in [1.29, 1.82) is 0 Å². The molecule has 0 aromatic carbocycles. The summed E-state index contributed by atoms with van der Waals surface area (Å²) in [5.74, 6) is 0.219. The average Bonchev–Trinajstić information content (AvgIpc) is 3.30. The molecule has 0 unspecified atom stereocenters. The average molecular weight is 438 g/mol. The van der Waals surface area contributed by atoms with Gasteiger partial charge in [0, 0.05) is 36.4 Å². The predicted molar refractivity (Wildman–Crippen MR) is 110 cm³/mol. The number of carbonyl (C=O) groups excluding carboxylic acids is 1. The van der Waals surface area contributed by atoms with E-state index in [1.165, 1.54) is 13.0 Å². The lowest BCUT2D eigenvalue weighted by molar-refractivity contribution is -0.305. The Balaban J connectivity index is 2.25. The minimum atomic E-state index is -4.78. The molecule has 10 heteroatoms. The highest BCUT2D eigenvalue weighted by molar-refractivity contribution is 6.08. The molecule has 1 aliphatic heterocycles. The molecule has 2 heterocycles. The lowest BCUT2D eigenvalue weighted by atomic mass is 10.0. The minimum Gasteiger partial charge on any atom is -0.501 e. The van der Waals surface area contributed by atoms with Gasteiger partial charge in [0.15, 0.2) is 0 Å². The van der Waals surface area contributed by atoms with Crippen LogP contribution in [0.5, 0.6) is 0 Å². The van der Waals surface area contributed by atoms with Gasteiger partial charge in [-0.3, -0.25) is 9.48 Å². The molecule has 168 valence electrons. The first-order chi connectivity index (χ1) is 14.4. The van der Waals surface area contributed by atoms with Crippen LogP contribution >= 0.6 is 0 Å². The van der Waals surface area contributed by atoms with Crippen LogP contribution in [-0.2, 0) is 21.3 Å². The van der Waals surface area contributed by atoms with Crippen molar-refractivity contribution >= 4 is 17.3 Å². The number of hydrogen-bond acceptors (Lipinski definition) is 5. The fourth-order valence-corrected chi connectivity index (χ4v) is 2.81. The van der Waals surface area contributed by atoms with Gasteiger partial charge in [-0.25, -0.2) is 4.99 Å². The van der Waals surface area contributed by atoms with Crippen LogP contribution in [0, 0.1) is 0 Å². The quantitative estimate of drug-likeness (QED) is 0.421. The summed E-state index contributed by atoms with van der Waals surface area (Å²) in [5.41, 5.74) is 3.47. The van der Waals surface area contributed by atoms with E-state index < -0.39 is 12.3 Å². The number of aryl methyl sites for hydroxylation is 1. The van der Waals surface area contributed by atoms with Crippen molar-refractivity contribution in [3.8, 4) is 0 Å². The molecule has 0 bridgehead atoms. The second kappa shape index (κ2) is 9.67. The largest absolute Gasteiger partial charge is 0.572 e. The van der Waals surface area contributed by atoms with Crippen LogP contribution in [0.4, 0.5) is 13.2 Å². The second-order valence-electron chi connectivity index (χ2n) is 6.98. The van der Waals surface area contributed by atoms with Crippen molar-refractivity contribution in [2.45, 2.75) is 40.5 Å². The van der Waals surface area contributed by atoms with Crippen molar-refractivity contribution in [2.24, 2.45) is 12.0 Å². The van der Waals surface area contributed by atoms with Crippen LogP contribution in [0.15, 0.2) is 57.9 Å². The number of rotatable bonds is 5. The number of allylic oxidation sites excluding steroid dienone is 6. The highest BCUT2D eigenvalue weighted by Crippen LogP contribution is 2.33. The number of nitrogens with one attached hydrogen (secondary N) is 1. The maximum atomic E-state index is 12.5. The number of halogens is 3. The van der Waals surface area contributed by atoms with E-state index in [0.29, 0.717) is 23.7 Å². The highest BCUT2D eigenvalue weighted by Gasteiger charge is 2.30. The fraction of sp³-hybridized carbons (Fsp3) is 0.381. The molecule has 0 aliphatic carbocycles. The molecule has 7 nitrogen and oxygen atoms in total. The van der Waals surface area contributed by atoms with Gasteiger partial charge in [0.1, 0.15) is 11.6 Å². The second-order valence-corrected chi connectivity index (χ2v) is 6.98. The molecule has 0 radical (unpaired) electrons. The van der Waals surface area contributed by atoms with Crippen molar-refractivity contribution < 1.29 is 27.4 Å². The van der Waals surface area contributed by atoms with E-state index in [2.05, 4.69) is 20.1 Å². The van der Waals surface area contributed by atoms with Crippen molar-refractivity contribution in [2.75, 3.05) is 7.11 Å². The van der Waals surface area contributed by atoms with E-state index in [1.54, 1.807) is 18.0 Å². The Labute approximate surface area is 178 Å². The van der Waals surface area contributed by atoms with Crippen LogP contribution in [0.2, 0.25) is 0 Å². The van der Waals surface area contributed by atoms with Gasteiger partial charge in [0.05, 0.1) is 24.8 Å². The number of aliphatic imine (C=N–C) groups is 1. The Kier molecular flexibility index (Phi) is 7.48. The normalized spacial score (nSPS) is 18.5. The smallest absolute Gasteiger partial charge is 0.501 e. The lowest BCUT2D eigenvalue weighted by Gasteiger charge is -2.08. The van der Waals surface area contributed by atoms with E-state index in [4.69, 9.17) is 4.74 Å². The van der Waals surface area contributed by atoms with E-state index in [0.717, 1.165) is 29.7 Å². The monoisotopic (exact) mass is 438 g/mol. The first-order valence-corrected chi connectivity index (χ1v) is 9.35. The molecular formula is C21H25F3N4O3. The Hall–Kier alpha value is -3.30. The van der Waals surface area contributed by atoms with Crippen LogP contribution in [0.25, 0.3) is 5.57 Å². The first kappa shape index (κ1) is 24.0. The summed E-state index contributed by atoms with van der Waals surface area (Å²) in [5, 5.41) is 6.88. The van der Waals surface area contributed by atoms with Crippen molar-refractivity contribution in [3.05, 3.63) is 58.5 Å². The lowest BCUT2D eigenvalue weighted by Crippen LogP contribution is -2.29. The summed E-state index contributed by atoms with van der Waals surface area (Å²) in [6.45, 7) is 6.35. The van der Waals surface area contributed by atoms with Crippen molar-refractivity contribution in [1.82, 2.24) is 15.1 Å². The zero-order chi connectivity index (χ0) is 23.3. The van der Waals surface area contributed by atoms with Crippen LogP contribution in [0.3, 0.4) is 0 Å². The molecule has 0 saturated carbocycles. The maximum Gasteiger partial charge on any atom is 0.572 e. The van der Waals surface area contributed by atoms with Crippen molar-refractivity contribution in [3.63, 3.8) is 0 Å². The number of hydrogen-bond donors (Lipinski definition) is 1. The number of carbonyl (C=O) groups is 1. The topological polar surface area (TPSA) is 77.7 Å². The molecule has 0 fully saturated rings. The Morgan fingerprint density at radius 3 is 2.45 bits per heavy atom. The zero-order valence-electron chi connectivity index (χ0n) is 18.2. The van der Waals surface area contributed by atoms with Gasteiger partial charge in [0.25, 0.3) is 5.91 Å². The molecule has 0 atom stereocenters. The Morgan fingerprint density at radius 1 is 1.23 bits per heavy atom. The maximum absolute atomic E-state index is 12.5. The molecule has 2 rings (SSSR count). The summed E-state index contributed by atoms with van der Waals surface area (Å²) in [7, 11) is 3.37. The minimum absolute atomic E-state index is 0.197. The van der Waals surface area contributed by atoms with E-state index in [9.17, 15) is 18.0 Å². The summed E-state index contributed by atoms with van der Waals surface area (Å²) in [6.07, 6.45) is 1.48. The van der Waals surface area contributed by atoms with Gasteiger partial charge in [-0.2, -0.15) is 5.10 Å². The van der Waals surface area contributed by atoms with Crippen LogP contribution < -0.4 is 5.32 Å². The molecule has 1 amide bonds. The number of alkyl halides is 3. The number of amides is 1. The van der Waals surface area contributed by atoms with Gasteiger partial charge in [-0.05, 0) is 39.3 Å². The third kappa shape index (κ3) is 6.59. The summed E-state index contributed by atoms with van der Waals surface area (Å²) < 4.78 is 47.5. The van der Waals surface area contributed by atoms with Crippen LogP contribution in [0.1, 0.15) is 39.7 Å². The fourth-order valence-electron chi connectivity index (χ4n) is 2.81. The van der Waals surface area contributed by atoms with Gasteiger partial charge >= 0.3 is 6.36 Å². The summed E-state index contributed by atoms with van der Waals surface area (Å²) >= 11 is 0. The third-order valence-corrected chi connectivity index (χ3v) is 4.56. The molecular weight excluding hydrogens is 413 g/mol. The molecule has 1 aliphatic rings. The van der Waals surface area contributed by atoms with E-state index in [-0.39, 0.29) is 11.3 Å². The third-order valence-electron chi connectivity index (χ3n) is 4.56. The van der Waals surface area contributed by atoms with E-state index >= 15 is 0 Å². The highest BCUT2D eigenvalue weighted by atomic mass is 19.4. The van der Waals surface area contributed by atoms with Gasteiger partial charge in [-0.15, -0.1) is 13.2 Å². The molecule has 31 heavy (non-hydrogen) atoms. The molecule has 1 aromatic rings. The summed E-state index contributed by atoms with van der Waals surface area (Å²) in [6, 6.07) is 0. The number of methoxy groups -OCH3 is 1. The number of aromatic nitrogens is 2. The van der Waals surface area contributed by atoms with Gasteiger partial charge in [0.2, 0.25) is 0 Å². The molecule has 1 N–H and O–H groups in total. The number of ether oxygens (including phenoxy) is 2. The number of amidine groups is 1. The first-order valence-electron chi connectivity index (χ1n) is 9.35. The zero-order valence-corrected chi connectivity index (χ0v) is 18.2. The Morgan fingerprint density at radius 2 is 1.90 bits per heavy atom. The summed E-state index contributed by atoms with van der Waals surface area (Å²) in [4.78, 5) is 17.0. The standard InChI is InChI=1S/C21H25F3N4O3/c1-12(7-8-13(2)31-21(22,23)24)20(29)27-18-9-17(15(4)30-6)19(26-18)14(3)16-10-25-28(5)11-16/h7-8,10-11H,9H2,1-6H3,(H,26,27,29)/b12-7+,13-8+,17-15+,19-14-. The molecule has 0 saturated heterocycles. The molecule has 0 spiro atoms. The van der Waals surface area contributed by atoms with E-state index in [1.807, 2.05) is 27.1 Å². The number of nitrogens with zero attached hydrogens (tertiary/aromatic N) is 3. The molecule has 1 aromatic heterocycles. The SMILES string of the molecule is CO/C(C)=C1\CC(NC(=O)/C(C)=C/C=C(\C)OC(F)(F)F)=N\C1=C(\C)c1cnn(C)c1.